The van der Waals surface area contributed by atoms with Gasteiger partial charge in [-0.25, -0.2) is 0 Å². The van der Waals surface area contributed by atoms with Gasteiger partial charge in [0.15, 0.2) is 0 Å². The Morgan fingerprint density at radius 1 is 0.491 bits per heavy atom. The van der Waals surface area contributed by atoms with Crippen molar-refractivity contribution < 1.29 is 9.47 Å². The van der Waals surface area contributed by atoms with Crippen LogP contribution < -0.4 is 4.90 Å². The van der Waals surface area contributed by atoms with Crippen molar-refractivity contribution in [3.05, 3.63) is 172 Å². The quantitative estimate of drug-likeness (QED) is 0.226. The first-order valence-electron chi connectivity index (χ1n) is 17.1. The van der Waals surface area contributed by atoms with Gasteiger partial charge in [0.1, 0.15) is 58.5 Å². The molecule has 0 radical (unpaired) electrons. The van der Waals surface area contributed by atoms with Gasteiger partial charge in [0.25, 0.3) is 0 Å². The summed E-state index contributed by atoms with van der Waals surface area (Å²) in [5.74, 6) is 2.44. The third kappa shape index (κ3) is 9.19. The molecule has 0 saturated heterocycles. The Kier molecular flexibility index (Phi) is 11.1. The van der Waals surface area contributed by atoms with E-state index in [9.17, 15) is 21.0 Å². The Morgan fingerprint density at radius 2 is 0.849 bits per heavy atom. The fourth-order valence-corrected chi connectivity index (χ4v) is 5.39. The van der Waals surface area contributed by atoms with Gasteiger partial charge in [0.05, 0.1) is 0 Å². The minimum absolute atomic E-state index is 0.0382. The number of hydrogen-bond acceptors (Lipinski definition) is 7. The molecular weight excluding hydrogens is 655 g/mol. The van der Waals surface area contributed by atoms with Crippen LogP contribution in [0.2, 0.25) is 0 Å². The van der Waals surface area contributed by atoms with E-state index in [1.165, 1.54) is 0 Å². The summed E-state index contributed by atoms with van der Waals surface area (Å²) in [5.41, 5.74) is 5.33. The second kappa shape index (κ2) is 15.9. The van der Waals surface area contributed by atoms with Crippen LogP contribution in [-0.4, -0.2) is 0 Å². The van der Waals surface area contributed by atoms with Gasteiger partial charge in [0.2, 0.25) is 0 Å². The highest BCUT2D eigenvalue weighted by Gasteiger charge is 2.25. The number of allylic oxidation sites excluding steroid dienone is 12. The Balaban J connectivity index is 1.40. The van der Waals surface area contributed by atoms with E-state index < -0.39 is 0 Å². The molecule has 0 aromatic heterocycles. The van der Waals surface area contributed by atoms with E-state index in [4.69, 9.17) is 9.47 Å². The molecule has 0 fully saturated rings. The van der Waals surface area contributed by atoms with Crippen molar-refractivity contribution in [2.45, 2.75) is 41.5 Å². The molecule has 0 amide bonds. The summed E-state index contributed by atoms with van der Waals surface area (Å²) in [6.07, 6.45) is 14.5. The third-order valence-corrected chi connectivity index (χ3v) is 8.32. The maximum Gasteiger partial charge on any atom is 0.137 e. The number of nitriles is 4. The molecule has 2 aliphatic rings. The van der Waals surface area contributed by atoms with E-state index in [-0.39, 0.29) is 22.0 Å². The van der Waals surface area contributed by atoms with Gasteiger partial charge in [-0.05, 0) is 84.0 Å². The number of nitrogens with zero attached hydrogens (tertiary/aromatic N) is 5. The molecule has 0 aliphatic carbocycles. The highest BCUT2D eigenvalue weighted by atomic mass is 16.5. The lowest BCUT2D eigenvalue weighted by Gasteiger charge is -2.26. The fraction of sp³-hybridized carbons (Fsp3) is 0.174. The van der Waals surface area contributed by atoms with Crippen molar-refractivity contribution >= 4 is 29.2 Å². The molecule has 0 N–H and O–H groups in total. The van der Waals surface area contributed by atoms with Crippen LogP contribution in [0, 0.1) is 56.2 Å². The second-order valence-corrected chi connectivity index (χ2v) is 14.4. The molecule has 0 atom stereocenters. The molecule has 53 heavy (non-hydrogen) atoms. The lowest BCUT2D eigenvalue weighted by Crippen LogP contribution is -2.15. The minimum Gasteiger partial charge on any atom is -0.461 e. The van der Waals surface area contributed by atoms with E-state index in [1.54, 1.807) is 24.3 Å². The van der Waals surface area contributed by atoms with Gasteiger partial charge in [-0.2, -0.15) is 21.0 Å². The average Bonchev–Trinajstić information content (AvgIpc) is 3.15. The SMILES string of the molecule is CC(C)(C)C1=CC(=C(C#N)C#N)C=C(/C=C/c2ccc(N(c3ccccc3)c3ccc(/C=C/C4=CC(=C(C#N)C#N)C=C(C(C)(C)C)O4)cc3)cc2)O1. The zero-order valence-corrected chi connectivity index (χ0v) is 30.7. The van der Waals surface area contributed by atoms with E-state index in [0.29, 0.717) is 34.2 Å². The standard InChI is InChI=1S/C46H39N5O2/c1-45(2,3)43-26-34(36(28-47)29-48)24-41(52-43)22-16-32-12-18-39(19-13-32)51(38-10-8-7-9-11-38)40-20-14-33(15-21-40)17-23-42-25-35(37(30-49)31-50)27-44(53-42)46(4,5)6/h7-27H,1-6H3/b22-16+,23-17+. The molecule has 0 bridgehead atoms. The van der Waals surface area contributed by atoms with Crippen molar-refractivity contribution in [3.8, 4) is 24.3 Å². The molecule has 7 nitrogen and oxygen atoms in total. The van der Waals surface area contributed by atoms with Crippen LogP contribution in [0.1, 0.15) is 52.7 Å². The van der Waals surface area contributed by atoms with Gasteiger partial charge in [-0.3, -0.25) is 0 Å². The predicted octanol–water partition coefficient (Wildman–Crippen LogP) is 11.6. The summed E-state index contributed by atoms with van der Waals surface area (Å²) in [5, 5.41) is 37.9. The Hall–Kier alpha value is -7.06. The van der Waals surface area contributed by atoms with Crippen LogP contribution in [0.15, 0.2) is 161 Å². The normalized spacial score (nSPS) is 14.3. The molecular formula is C46H39N5O2. The summed E-state index contributed by atoms with van der Waals surface area (Å²) in [7, 11) is 0. The third-order valence-electron chi connectivity index (χ3n) is 8.32. The molecule has 260 valence electrons. The van der Waals surface area contributed by atoms with Gasteiger partial charge in [-0.1, -0.05) is 96.2 Å². The first-order valence-corrected chi connectivity index (χ1v) is 17.1. The van der Waals surface area contributed by atoms with Crippen molar-refractivity contribution in [1.29, 1.82) is 21.0 Å². The van der Waals surface area contributed by atoms with Crippen molar-refractivity contribution in [2.75, 3.05) is 4.90 Å². The molecule has 3 aromatic rings. The molecule has 0 unspecified atom stereocenters. The smallest absolute Gasteiger partial charge is 0.137 e. The van der Waals surface area contributed by atoms with Crippen LogP contribution in [0.25, 0.3) is 12.2 Å². The van der Waals surface area contributed by atoms with Crippen LogP contribution in [0.4, 0.5) is 17.1 Å². The zero-order chi connectivity index (χ0) is 38.2. The van der Waals surface area contributed by atoms with Gasteiger partial charge in [0, 0.05) is 39.0 Å². The lowest BCUT2D eigenvalue weighted by molar-refractivity contribution is 0.223. The van der Waals surface area contributed by atoms with Gasteiger partial charge < -0.3 is 14.4 Å². The summed E-state index contributed by atoms with van der Waals surface area (Å²) < 4.78 is 12.3. The summed E-state index contributed by atoms with van der Waals surface area (Å²) in [6, 6.07) is 34.4. The van der Waals surface area contributed by atoms with Crippen molar-refractivity contribution in [2.24, 2.45) is 10.8 Å². The first-order chi connectivity index (χ1) is 25.3. The zero-order valence-electron chi connectivity index (χ0n) is 30.7. The number of hydrogen-bond donors (Lipinski definition) is 0. The largest absolute Gasteiger partial charge is 0.461 e. The number of ether oxygens (including phenoxy) is 2. The highest BCUT2D eigenvalue weighted by molar-refractivity contribution is 5.78. The summed E-state index contributed by atoms with van der Waals surface area (Å²) in [6.45, 7) is 12.1. The van der Waals surface area contributed by atoms with Crippen LogP contribution >= 0.6 is 0 Å². The predicted molar refractivity (Wildman–Crippen MR) is 209 cm³/mol. The molecule has 7 heteroatoms. The second-order valence-electron chi connectivity index (χ2n) is 14.4. The molecule has 0 spiro atoms. The summed E-state index contributed by atoms with van der Waals surface area (Å²) >= 11 is 0. The van der Waals surface area contributed by atoms with E-state index >= 15 is 0 Å². The minimum atomic E-state index is -0.315. The first kappa shape index (κ1) is 37.2. The Bertz CT molecular complexity index is 2130. The molecule has 2 heterocycles. The molecule has 3 aromatic carbocycles. The highest BCUT2D eigenvalue weighted by Crippen LogP contribution is 2.37. The lowest BCUT2D eigenvalue weighted by atomic mass is 9.90. The van der Waals surface area contributed by atoms with Crippen LogP contribution in [0.3, 0.4) is 0 Å². The van der Waals surface area contributed by atoms with Gasteiger partial charge >= 0.3 is 0 Å². The van der Waals surface area contributed by atoms with Gasteiger partial charge in [-0.15, -0.1) is 0 Å². The molecule has 0 saturated carbocycles. The molecule has 5 rings (SSSR count). The van der Waals surface area contributed by atoms with Crippen molar-refractivity contribution in [1.82, 2.24) is 0 Å². The number of para-hydroxylation sites is 1. The van der Waals surface area contributed by atoms with Crippen LogP contribution in [-0.2, 0) is 9.47 Å². The fourth-order valence-electron chi connectivity index (χ4n) is 5.39. The van der Waals surface area contributed by atoms with E-state index in [2.05, 4.69) is 41.3 Å². The monoisotopic (exact) mass is 693 g/mol. The van der Waals surface area contributed by atoms with E-state index in [1.807, 2.05) is 133 Å². The van der Waals surface area contributed by atoms with E-state index in [0.717, 1.165) is 28.2 Å². The topological polar surface area (TPSA) is 117 Å². The number of rotatable bonds is 7. The summed E-state index contributed by atoms with van der Waals surface area (Å²) in [4.78, 5) is 2.17. The Labute approximate surface area is 312 Å². The maximum atomic E-state index is 9.47. The average molecular weight is 694 g/mol. The van der Waals surface area contributed by atoms with Crippen LogP contribution in [0.5, 0.6) is 0 Å². The molecule has 2 aliphatic heterocycles. The van der Waals surface area contributed by atoms with Crippen molar-refractivity contribution in [3.63, 3.8) is 0 Å². The number of benzene rings is 3. The maximum absolute atomic E-state index is 9.47. The Morgan fingerprint density at radius 3 is 1.19 bits per heavy atom. The number of anilines is 3.